The van der Waals surface area contributed by atoms with Crippen molar-refractivity contribution in [1.82, 2.24) is 0 Å². The van der Waals surface area contributed by atoms with Crippen LogP contribution in [0, 0.1) is 11.8 Å². The maximum absolute atomic E-state index is 11.0. The smallest absolute Gasteiger partial charge is 0.308 e. The molecule has 3 aromatic rings. The van der Waals surface area contributed by atoms with E-state index in [1.165, 1.54) is 35.8 Å². The molecule has 0 saturated carbocycles. The Morgan fingerprint density at radius 2 is 1.00 bits per heavy atom. The fraction of sp³-hybridized carbons (Fsp3) is 0.304. The van der Waals surface area contributed by atoms with Gasteiger partial charge in [-0.3, -0.25) is 9.59 Å². The molecule has 0 aliphatic rings. The molecule has 0 bridgehead atoms. The monoisotopic (exact) mass is 366 g/mol. The Balaban J connectivity index is 0.000000195. The van der Waals surface area contributed by atoms with Crippen molar-refractivity contribution >= 4 is 33.5 Å². The van der Waals surface area contributed by atoms with Gasteiger partial charge in [0, 0.05) is 0 Å². The molecule has 2 atom stereocenters. The predicted octanol–water partition coefficient (Wildman–Crippen LogP) is 4.99. The summed E-state index contributed by atoms with van der Waals surface area (Å²) in [5.41, 5.74) is 0. The first-order valence-corrected chi connectivity index (χ1v) is 8.99. The molecule has 3 aromatic carbocycles. The van der Waals surface area contributed by atoms with Crippen molar-refractivity contribution in [3.05, 3.63) is 60.7 Å². The Labute approximate surface area is 160 Å². The molecular weight excluding hydrogens is 340 g/mol. The zero-order valence-electron chi connectivity index (χ0n) is 16.3. The number of carbonyl (C=O) groups excluding carboxylic acids is 2. The SMILES string of the molecule is COC(=O)C(C)CC(C)C(=O)OC.c1ccc2cc3ccccc3cc2c1. The van der Waals surface area contributed by atoms with Crippen LogP contribution in [-0.2, 0) is 19.1 Å². The summed E-state index contributed by atoms with van der Waals surface area (Å²) in [6.45, 7) is 3.45. The van der Waals surface area contributed by atoms with Crippen LogP contribution in [0.15, 0.2) is 60.7 Å². The van der Waals surface area contributed by atoms with Crippen LogP contribution in [0.2, 0.25) is 0 Å². The molecule has 3 rings (SSSR count). The number of rotatable bonds is 4. The Morgan fingerprint density at radius 3 is 1.26 bits per heavy atom. The van der Waals surface area contributed by atoms with Gasteiger partial charge in [0.25, 0.3) is 0 Å². The van der Waals surface area contributed by atoms with Gasteiger partial charge in [0.2, 0.25) is 0 Å². The van der Waals surface area contributed by atoms with Crippen LogP contribution < -0.4 is 0 Å². The van der Waals surface area contributed by atoms with Crippen molar-refractivity contribution < 1.29 is 19.1 Å². The Bertz CT molecular complexity index is 791. The van der Waals surface area contributed by atoms with Crippen molar-refractivity contribution in [2.24, 2.45) is 11.8 Å². The molecule has 2 unspecified atom stereocenters. The lowest BCUT2D eigenvalue weighted by Gasteiger charge is -2.13. The van der Waals surface area contributed by atoms with Crippen LogP contribution in [0.1, 0.15) is 20.3 Å². The van der Waals surface area contributed by atoms with E-state index in [4.69, 9.17) is 0 Å². The van der Waals surface area contributed by atoms with Crippen LogP contribution in [0.4, 0.5) is 0 Å². The van der Waals surface area contributed by atoms with Crippen LogP contribution in [0.25, 0.3) is 21.5 Å². The molecule has 0 N–H and O–H groups in total. The summed E-state index contributed by atoms with van der Waals surface area (Å²) in [5.74, 6) is -1.12. The van der Waals surface area contributed by atoms with E-state index < -0.39 is 0 Å². The first-order chi connectivity index (χ1) is 13.0. The van der Waals surface area contributed by atoms with Gasteiger partial charge in [0.05, 0.1) is 26.1 Å². The molecule has 142 valence electrons. The van der Waals surface area contributed by atoms with Crippen LogP contribution in [0.5, 0.6) is 0 Å². The quantitative estimate of drug-likeness (QED) is 0.482. The number of ether oxygens (including phenoxy) is 2. The predicted molar refractivity (Wildman–Crippen MR) is 108 cm³/mol. The fourth-order valence-electron chi connectivity index (χ4n) is 3.01. The Hall–Kier alpha value is -2.88. The summed E-state index contributed by atoms with van der Waals surface area (Å²) in [6, 6.07) is 21.4. The number of fused-ring (bicyclic) bond motifs is 2. The molecule has 4 heteroatoms. The summed E-state index contributed by atoms with van der Waals surface area (Å²) in [4.78, 5) is 22.0. The molecule has 0 amide bonds. The second-order valence-electron chi connectivity index (χ2n) is 6.63. The number of carbonyl (C=O) groups is 2. The average molecular weight is 366 g/mol. The number of esters is 2. The maximum atomic E-state index is 11.0. The minimum Gasteiger partial charge on any atom is -0.469 e. The minimum absolute atomic E-state index is 0.265. The van der Waals surface area contributed by atoms with Gasteiger partial charge in [0.1, 0.15) is 0 Å². The lowest BCUT2D eigenvalue weighted by atomic mass is 9.98. The highest BCUT2D eigenvalue weighted by molar-refractivity contribution is 5.98. The van der Waals surface area contributed by atoms with Gasteiger partial charge in [-0.2, -0.15) is 0 Å². The van der Waals surface area contributed by atoms with Gasteiger partial charge >= 0.3 is 11.9 Å². The van der Waals surface area contributed by atoms with Crippen LogP contribution in [-0.4, -0.2) is 26.2 Å². The number of hydrogen-bond donors (Lipinski definition) is 0. The highest BCUT2D eigenvalue weighted by atomic mass is 16.5. The average Bonchev–Trinajstić information content (AvgIpc) is 2.71. The normalized spacial score (nSPS) is 12.6. The number of hydrogen-bond acceptors (Lipinski definition) is 4. The summed E-state index contributed by atoms with van der Waals surface area (Å²) in [7, 11) is 2.67. The van der Waals surface area contributed by atoms with Gasteiger partial charge < -0.3 is 9.47 Å². The first kappa shape index (κ1) is 20.4. The summed E-state index contributed by atoms with van der Waals surface area (Å²) >= 11 is 0. The van der Waals surface area contributed by atoms with E-state index in [0.717, 1.165) is 0 Å². The zero-order valence-corrected chi connectivity index (χ0v) is 16.3. The molecule has 0 heterocycles. The lowest BCUT2D eigenvalue weighted by molar-refractivity contribution is -0.148. The largest absolute Gasteiger partial charge is 0.469 e. The van der Waals surface area contributed by atoms with Crippen molar-refractivity contribution in [1.29, 1.82) is 0 Å². The third kappa shape index (κ3) is 5.55. The van der Waals surface area contributed by atoms with Crippen molar-refractivity contribution in [3.63, 3.8) is 0 Å². The van der Waals surface area contributed by atoms with E-state index in [1.807, 2.05) is 0 Å². The molecule has 0 fully saturated rings. The second kappa shape index (κ2) is 9.72. The van der Waals surface area contributed by atoms with Crippen LogP contribution in [0.3, 0.4) is 0 Å². The topological polar surface area (TPSA) is 52.6 Å². The molecular formula is C23H26O4. The zero-order chi connectivity index (χ0) is 19.8. The van der Waals surface area contributed by atoms with Crippen molar-refractivity contribution in [3.8, 4) is 0 Å². The Morgan fingerprint density at radius 1 is 0.704 bits per heavy atom. The van der Waals surface area contributed by atoms with Gasteiger partial charge in [-0.25, -0.2) is 0 Å². The molecule has 0 aromatic heterocycles. The maximum Gasteiger partial charge on any atom is 0.308 e. The van der Waals surface area contributed by atoms with Crippen molar-refractivity contribution in [2.45, 2.75) is 20.3 Å². The van der Waals surface area contributed by atoms with Gasteiger partial charge in [-0.1, -0.05) is 62.4 Å². The third-order valence-electron chi connectivity index (χ3n) is 4.53. The van der Waals surface area contributed by atoms with E-state index in [0.29, 0.717) is 6.42 Å². The minimum atomic E-state index is -0.296. The summed E-state index contributed by atoms with van der Waals surface area (Å²) in [6.07, 6.45) is 0.458. The van der Waals surface area contributed by atoms with E-state index in [1.54, 1.807) is 13.8 Å². The van der Waals surface area contributed by atoms with Gasteiger partial charge in [-0.05, 0) is 40.1 Å². The number of methoxy groups -OCH3 is 2. The summed E-state index contributed by atoms with van der Waals surface area (Å²) < 4.78 is 9.07. The second-order valence-corrected chi connectivity index (χ2v) is 6.63. The van der Waals surface area contributed by atoms with Gasteiger partial charge in [0.15, 0.2) is 0 Å². The molecule has 4 nitrogen and oxygen atoms in total. The molecule has 0 radical (unpaired) electrons. The molecule has 0 aliphatic heterocycles. The highest BCUT2D eigenvalue weighted by Crippen LogP contribution is 2.22. The third-order valence-corrected chi connectivity index (χ3v) is 4.53. The Kier molecular flexibility index (Phi) is 7.35. The molecule has 27 heavy (non-hydrogen) atoms. The van der Waals surface area contributed by atoms with E-state index in [2.05, 4.69) is 70.1 Å². The van der Waals surface area contributed by atoms with Gasteiger partial charge in [-0.15, -0.1) is 0 Å². The standard InChI is InChI=1S/C14H10.C9H16O4/c1-2-6-12-10-14-8-4-3-7-13(14)9-11(12)5-1;1-6(8(10)12-3)5-7(2)9(11)13-4/h1-10H;6-7H,5H2,1-4H3. The fourth-order valence-corrected chi connectivity index (χ4v) is 3.01. The van der Waals surface area contributed by atoms with E-state index in [9.17, 15) is 9.59 Å². The molecule has 0 aliphatic carbocycles. The van der Waals surface area contributed by atoms with E-state index >= 15 is 0 Å². The lowest BCUT2D eigenvalue weighted by Crippen LogP contribution is -2.21. The molecule has 0 saturated heterocycles. The highest BCUT2D eigenvalue weighted by Gasteiger charge is 2.21. The first-order valence-electron chi connectivity index (χ1n) is 8.99. The van der Waals surface area contributed by atoms with E-state index in [-0.39, 0.29) is 23.8 Å². The van der Waals surface area contributed by atoms with Crippen LogP contribution >= 0.6 is 0 Å². The number of benzene rings is 3. The van der Waals surface area contributed by atoms with Crippen molar-refractivity contribution in [2.75, 3.05) is 14.2 Å². The summed E-state index contributed by atoms with van der Waals surface area (Å²) in [5, 5.41) is 5.25. The molecule has 0 spiro atoms.